The molecule has 1 aromatic carbocycles. The van der Waals surface area contributed by atoms with Crippen LogP contribution in [0.3, 0.4) is 0 Å². The van der Waals surface area contributed by atoms with Gasteiger partial charge in [0.1, 0.15) is 11.5 Å². The number of aliphatic hydroxyl groups is 1. The largest absolute Gasteiger partial charge is 0.497 e. The Kier molecular flexibility index (Phi) is 5.25. The van der Waals surface area contributed by atoms with Crippen molar-refractivity contribution in [3.05, 3.63) is 24.3 Å². The van der Waals surface area contributed by atoms with Crippen LogP contribution in [0.1, 0.15) is 13.3 Å². The van der Waals surface area contributed by atoms with Gasteiger partial charge in [-0.3, -0.25) is 0 Å². The average Bonchev–Trinajstić information content (AvgIpc) is 2.39. The van der Waals surface area contributed by atoms with Crippen LogP contribution in [-0.2, 0) is 0 Å². The van der Waals surface area contributed by atoms with Gasteiger partial charge in [0.25, 0.3) is 0 Å². The minimum absolute atomic E-state index is 0.0927. The lowest BCUT2D eigenvalue weighted by Gasteiger charge is -2.26. The molecule has 4 heteroatoms. The SMILES string of the molecule is CNC(C)(CO)CCOc1ccc(OC)cc1. The Bertz CT molecular complexity index is 320. The molecule has 2 N–H and O–H groups in total. The Morgan fingerprint density at radius 2 is 1.82 bits per heavy atom. The molecule has 17 heavy (non-hydrogen) atoms. The number of nitrogens with one attached hydrogen (secondary N) is 1. The molecule has 0 bridgehead atoms. The first-order valence-electron chi connectivity index (χ1n) is 5.70. The molecule has 1 unspecified atom stereocenters. The molecule has 0 amide bonds. The number of methoxy groups -OCH3 is 1. The minimum Gasteiger partial charge on any atom is -0.497 e. The molecule has 0 spiro atoms. The fourth-order valence-corrected chi connectivity index (χ4v) is 1.35. The zero-order valence-corrected chi connectivity index (χ0v) is 10.7. The van der Waals surface area contributed by atoms with Crippen LogP contribution in [0.25, 0.3) is 0 Å². The molecular formula is C13H21NO3. The summed E-state index contributed by atoms with van der Waals surface area (Å²) in [5, 5.41) is 12.3. The molecule has 0 saturated heterocycles. The maximum Gasteiger partial charge on any atom is 0.119 e. The number of likely N-dealkylation sites (N-methyl/N-ethyl adjacent to an activating group) is 1. The van der Waals surface area contributed by atoms with Crippen LogP contribution in [-0.4, -0.2) is 38.0 Å². The molecular weight excluding hydrogens is 218 g/mol. The highest BCUT2D eigenvalue weighted by Gasteiger charge is 2.20. The van der Waals surface area contributed by atoms with Crippen LogP contribution in [0.5, 0.6) is 11.5 Å². The first-order chi connectivity index (χ1) is 8.13. The van der Waals surface area contributed by atoms with Gasteiger partial charge in [-0.25, -0.2) is 0 Å². The van der Waals surface area contributed by atoms with Crippen molar-refractivity contribution in [1.29, 1.82) is 0 Å². The molecule has 0 aliphatic heterocycles. The van der Waals surface area contributed by atoms with Crippen LogP contribution in [0.15, 0.2) is 24.3 Å². The summed E-state index contributed by atoms with van der Waals surface area (Å²) in [6.45, 7) is 2.62. The van der Waals surface area contributed by atoms with Crippen molar-refractivity contribution in [1.82, 2.24) is 5.32 Å². The summed E-state index contributed by atoms with van der Waals surface area (Å²) in [6.07, 6.45) is 0.742. The van der Waals surface area contributed by atoms with Crippen LogP contribution in [0, 0.1) is 0 Å². The molecule has 0 heterocycles. The lowest BCUT2D eigenvalue weighted by molar-refractivity contribution is 0.151. The van der Waals surface area contributed by atoms with Gasteiger partial charge < -0.3 is 19.9 Å². The van der Waals surface area contributed by atoms with E-state index in [4.69, 9.17) is 9.47 Å². The minimum atomic E-state index is -0.285. The van der Waals surface area contributed by atoms with Gasteiger partial charge in [-0.1, -0.05) is 0 Å². The van der Waals surface area contributed by atoms with Gasteiger partial charge in [-0.15, -0.1) is 0 Å². The first-order valence-corrected chi connectivity index (χ1v) is 5.70. The van der Waals surface area contributed by atoms with Gasteiger partial charge >= 0.3 is 0 Å². The zero-order chi connectivity index (χ0) is 12.7. The third-order valence-electron chi connectivity index (χ3n) is 2.93. The number of hydrogen-bond donors (Lipinski definition) is 2. The third kappa shape index (κ3) is 4.24. The van der Waals surface area contributed by atoms with Gasteiger partial charge in [0.05, 0.1) is 20.3 Å². The highest BCUT2D eigenvalue weighted by atomic mass is 16.5. The number of aliphatic hydroxyl groups excluding tert-OH is 1. The van der Waals surface area contributed by atoms with Crippen molar-refractivity contribution in [2.75, 3.05) is 27.4 Å². The highest BCUT2D eigenvalue weighted by Crippen LogP contribution is 2.18. The Balaban J connectivity index is 2.40. The second-order valence-corrected chi connectivity index (χ2v) is 4.24. The van der Waals surface area contributed by atoms with E-state index in [1.807, 2.05) is 38.2 Å². The van der Waals surface area contributed by atoms with Crippen molar-refractivity contribution in [3.8, 4) is 11.5 Å². The Morgan fingerprint density at radius 3 is 2.29 bits per heavy atom. The fourth-order valence-electron chi connectivity index (χ4n) is 1.35. The van der Waals surface area contributed by atoms with E-state index in [1.165, 1.54) is 0 Å². The normalized spacial score (nSPS) is 14.1. The molecule has 0 radical (unpaired) electrons. The summed E-state index contributed by atoms with van der Waals surface area (Å²) in [5.41, 5.74) is -0.285. The summed E-state index contributed by atoms with van der Waals surface area (Å²) in [6, 6.07) is 7.46. The highest BCUT2D eigenvalue weighted by molar-refractivity contribution is 5.31. The van der Waals surface area contributed by atoms with Crippen LogP contribution in [0.2, 0.25) is 0 Å². The van der Waals surface area contributed by atoms with Crippen molar-refractivity contribution in [2.45, 2.75) is 18.9 Å². The second-order valence-electron chi connectivity index (χ2n) is 4.24. The van der Waals surface area contributed by atoms with Crippen molar-refractivity contribution in [3.63, 3.8) is 0 Å². The Labute approximate surface area is 103 Å². The van der Waals surface area contributed by atoms with Gasteiger partial charge in [0.2, 0.25) is 0 Å². The molecule has 1 atom stereocenters. The smallest absolute Gasteiger partial charge is 0.119 e. The van der Waals surface area contributed by atoms with Crippen molar-refractivity contribution in [2.24, 2.45) is 0 Å². The fraction of sp³-hybridized carbons (Fsp3) is 0.538. The predicted octanol–water partition coefficient (Wildman–Crippen LogP) is 1.43. The Morgan fingerprint density at radius 1 is 1.24 bits per heavy atom. The van der Waals surface area contributed by atoms with E-state index >= 15 is 0 Å². The molecule has 0 saturated carbocycles. The van der Waals surface area contributed by atoms with Crippen molar-refractivity contribution >= 4 is 0 Å². The topological polar surface area (TPSA) is 50.7 Å². The maximum absolute atomic E-state index is 9.22. The van der Waals surface area contributed by atoms with Gasteiger partial charge in [0.15, 0.2) is 0 Å². The molecule has 4 nitrogen and oxygen atoms in total. The lowest BCUT2D eigenvalue weighted by atomic mass is 10.0. The third-order valence-corrected chi connectivity index (χ3v) is 2.93. The zero-order valence-electron chi connectivity index (χ0n) is 10.7. The van der Waals surface area contributed by atoms with E-state index in [2.05, 4.69) is 5.32 Å². The molecule has 0 aliphatic rings. The van der Waals surface area contributed by atoms with Crippen LogP contribution >= 0.6 is 0 Å². The monoisotopic (exact) mass is 239 g/mol. The number of hydrogen-bond acceptors (Lipinski definition) is 4. The maximum atomic E-state index is 9.22. The summed E-state index contributed by atoms with van der Waals surface area (Å²) >= 11 is 0. The van der Waals surface area contributed by atoms with Crippen LogP contribution in [0.4, 0.5) is 0 Å². The predicted molar refractivity (Wildman–Crippen MR) is 67.7 cm³/mol. The molecule has 0 aromatic heterocycles. The number of benzene rings is 1. The quantitative estimate of drug-likeness (QED) is 0.756. The molecule has 96 valence electrons. The molecule has 1 rings (SSSR count). The lowest BCUT2D eigenvalue weighted by Crippen LogP contribution is -2.44. The molecule has 0 fully saturated rings. The average molecular weight is 239 g/mol. The van der Waals surface area contributed by atoms with Gasteiger partial charge in [-0.2, -0.15) is 0 Å². The summed E-state index contributed by atoms with van der Waals surface area (Å²) in [4.78, 5) is 0. The summed E-state index contributed by atoms with van der Waals surface area (Å²) in [7, 11) is 3.47. The summed E-state index contributed by atoms with van der Waals surface area (Å²) in [5.74, 6) is 1.62. The molecule has 1 aromatic rings. The Hall–Kier alpha value is -1.26. The standard InChI is InChI=1S/C13H21NO3/c1-13(10-15,14-2)8-9-17-12-6-4-11(16-3)5-7-12/h4-7,14-15H,8-10H2,1-3H3. The van der Waals surface area contributed by atoms with Crippen molar-refractivity contribution < 1.29 is 14.6 Å². The van der Waals surface area contributed by atoms with Gasteiger partial charge in [-0.05, 0) is 38.2 Å². The van der Waals surface area contributed by atoms with E-state index in [1.54, 1.807) is 7.11 Å². The van der Waals surface area contributed by atoms with E-state index < -0.39 is 0 Å². The molecule has 0 aliphatic carbocycles. The van der Waals surface area contributed by atoms with E-state index in [9.17, 15) is 5.11 Å². The number of rotatable bonds is 7. The van der Waals surface area contributed by atoms with E-state index in [0.717, 1.165) is 17.9 Å². The number of ether oxygens (including phenoxy) is 2. The van der Waals surface area contributed by atoms with Gasteiger partial charge in [0, 0.05) is 12.0 Å². The first kappa shape index (κ1) is 13.8. The van der Waals surface area contributed by atoms with Crippen LogP contribution < -0.4 is 14.8 Å². The van der Waals surface area contributed by atoms with E-state index in [0.29, 0.717) is 6.61 Å². The summed E-state index contributed by atoms with van der Waals surface area (Å²) < 4.78 is 10.7. The van der Waals surface area contributed by atoms with E-state index in [-0.39, 0.29) is 12.1 Å². The second kappa shape index (κ2) is 6.47.